The van der Waals surface area contributed by atoms with Crippen molar-refractivity contribution in [2.24, 2.45) is 0 Å². The van der Waals surface area contributed by atoms with Crippen LogP contribution in [-0.2, 0) is 6.18 Å². The zero-order valence-electron chi connectivity index (χ0n) is 59.8. The highest BCUT2D eigenvalue weighted by atomic mass is 19.4. The molecule has 0 radical (unpaired) electrons. The quantitative estimate of drug-likeness (QED) is 0.137. The summed E-state index contributed by atoms with van der Waals surface area (Å²) < 4.78 is 65.0. The summed E-state index contributed by atoms with van der Waals surface area (Å²) in [6.45, 7) is 0. The van der Waals surface area contributed by atoms with Crippen LogP contribution in [0.2, 0.25) is 0 Å². The maximum absolute atomic E-state index is 17.1. The molecular weight excluding hydrogens is 1380 g/mol. The summed E-state index contributed by atoms with van der Waals surface area (Å²) in [5, 5.41) is 12.7. The summed E-state index contributed by atoms with van der Waals surface area (Å²) in [5.41, 5.74) is 17.9. The van der Waals surface area contributed by atoms with Crippen LogP contribution in [0.3, 0.4) is 0 Å². The van der Waals surface area contributed by atoms with E-state index in [2.05, 4.69) is 294 Å². The van der Waals surface area contributed by atoms with Gasteiger partial charge in [-0.15, -0.1) is 0 Å². The van der Waals surface area contributed by atoms with Crippen molar-refractivity contribution in [2.45, 2.75) is 6.18 Å². The summed E-state index contributed by atoms with van der Waals surface area (Å²) in [6.07, 6.45) is -4.86. The third kappa shape index (κ3) is 9.54. The SMILES string of the molecule is FC(F)(F)c1ccc(-n2c3ccc(-n4c5ccccc5c5ccccc54)cc3c3cc(-n4c5ccccc5c5ccccc54)ccc32)cc1-c1cc(-c2nc(-c3ccccc3)nc(-c3ccccc3)n2)ccc1-n1c2ccc(-n3c4ccccc4c4ccccc43)cc2c2cc(-n3c4ccccc4c4ccccc43)ccc21. The zero-order valence-corrected chi connectivity index (χ0v) is 59.8. The maximum atomic E-state index is 17.1. The lowest BCUT2D eigenvalue weighted by atomic mass is 9.94. The number of alkyl halides is 3. The normalized spacial score (nSPS) is 12.2. The number of hydrogen-bond acceptors (Lipinski definition) is 3. The molecule has 16 aromatic carbocycles. The summed E-state index contributed by atoms with van der Waals surface area (Å²) in [5.74, 6) is 1.13. The number of halogens is 3. The predicted octanol–water partition coefficient (Wildman–Crippen LogP) is 26.1. The van der Waals surface area contributed by atoms with Gasteiger partial charge in [-0.25, -0.2) is 15.0 Å². The van der Waals surface area contributed by atoms with E-state index in [0.717, 1.165) is 165 Å². The molecule has 12 heteroatoms. The van der Waals surface area contributed by atoms with E-state index in [1.54, 1.807) is 12.1 Å². The van der Waals surface area contributed by atoms with Crippen LogP contribution in [0.5, 0.6) is 0 Å². The second-order valence-electron chi connectivity index (χ2n) is 29.0. The van der Waals surface area contributed by atoms with Gasteiger partial charge in [0.05, 0.1) is 77.5 Å². The van der Waals surface area contributed by atoms with E-state index < -0.39 is 11.7 Å². The van der Waals surface area contributed by atoms with Gasteiger partial charge in [-0.1, -0.05) is 206 Å². The molecule has 9 nitrogen and oxygen atoms in total. The molecule has 0 fully saturated rings. The molecular formula is C100H60F3N9. The molecule has 0 bridgehead atoms. The van der Waals surface area contributed by atoms with Crippen LogP contribution in [0.25, 0.3) is 210 Å². The summed E-state index contributed by atoms with van der Waals surface area (Å²) in [7, 11) is 0. The van der Waals surface area contributed by atoms with Crippen molar-refractivity contribution in [1.29, 1.82) is 0 Å². The van der Waals surface area contributed by atoms with Crippen molar-refractivity contribution in [3.05, 3.63) is 370 Å². The van der Waals surface area contributed by atoms with Crippen molar-refractivity contribution >= 4 is 131 Å². The standard InChI is InChI=1S/C100H60F3N9/c101-100(102,103)83-49-44-64(111-92-51-45-65(107-84-35-15-7-27-69(84)70-28-8-16-36-85(70)107)57-79(92)80-58-66(46-52-93(80)111)108-86-37-17-9-29-71(86)72-30-10-18-38-87(72)108)56-77(83)78-55-63(99-105-97(61-23-3-1-4-24-61)104-98(106-99)62-25-5-2-6-26-62)43-50-94(78)112-95-53-47-67(109-88-39-19-11-31-73(88)74-32-12-20-40-89(74)109)59-81(95)82-60-68(48-54-96(82)112)110-90-41-21-13-33-75(90)76-34-14-22-42-91(76)110/h1-60H. The smallest absolute Gasteiger partial charge is 0.309 e. The van der Waals surface area contributed by atoms with Crippen LogP contribution in [0.4, 0.5) is 13.2 Å². The largest absolute Gasteiger partial charge is 0.417 e. The fourth-order valence-corrected chi connectivity index (χ4v) is 18.1. The number of fused-ring (bicyclic) bond motifs is 18. The Kier molecular flexibility index (Phi) is 13.7. The van der Waals surface area contributed by atoms with Gasteiger partial charge < -0.3 is 27.4 Å². The van der Waals surface area contributed by atoms with Crippen molar-refractivity contribution < 1.29 is 13.2 Å². The lowest BCUT2D eigenvalue weighted by Gasteiger charge is -2.21. The summed E-state index contributed by atoms with van der Waals surface area (Å²) in [6, 6.07) is 124. The number of para-hydroxylation sites is 8. The van der Waals surface area contributed by atoms with E-state index in [-0.39, 0.29) is 5.56 Å². The van der Waals surface area contributed by atoms with Crippen molar-refractivity contribution in [2.75, 3.05) is 0 Å². The second kappa shape index (κ2) is 24.3. The van der Waals surface area contributed by atoms with Crippen LogP contribution in [-0.4, -0.2) is 42.4 Å². The minimum absolute atomic E-state index is 0.0416. The second-order valence-corrected chi connectivity index (χ2v) is 29.0. The Labute approximate surface area is 637 Å². The van der Waals surface area contributed by atoms with Gasteiger partial charge in [-0.2, -0.15) is 13.2 Å². The first-order valence-electron chi connectivity index (χ1n) is 37.6. The first kappa shape index (κ1) is 63.2. The topological polar surface area (TPSA) is 68.2 Å². The molecule has 0 spiro atoms. The number of nitrogens with zero attached hydrogens (tertiary/aromatic N) is 9. The average Bonchev–Trinajstić information content (AvgIpc) is 1.55. The maximum Gasteiger partial charge on any atom is 0.417 e. The third-order valence-electron chi connectivity index (χ3n) is 22.9. The summed E-state index contributed by atoms with van der Waals surface area (Å²) >= 11 is 0. The fourth-order valence-electron chi connectivity index (χ4n) is 18.1. The van der Waals surface area contributed by atoms with Gasteiger partial charge >= 0.3 is 6.18 Å². The van der Waals surface area contributed by atoms with Crippen LogP contribution in [0, 0.1) is 0 Å². The van der Waals surface area contributed by atoms with E-state index in [0.29, 0.717) is 40.0 Å². The molecule has 0 aliphatic heterocycles. The van der Waals surface area contributed by atoms with Crippen LogP contribution in [0.1, 0.15) is 5.56 Å². The molecule has 23 rings (SSSR count). The molecule has 0 saturated carbocycles. The van der Waals surface area contributed by atoms with Crippen molar-refractivity contribution in [3.63, 3.8) is 0 Å². The van der Waals surface area contributed by atoms with E-state index in [9.17, 15) is 0 Å². The molecule has 0 aliphatic carbocycles. The molecule has 0 saturated heterocycles. The molecule has 0 amide bonds. The van der Waals surface area contributed by atoms with Gasteiger partial charge in [-0.05, 0) is 163 Å². The van der Waals surface area contributed by atoms with Gasteiger partial charge in [0.25, 0.3) is 0 Å². The van der Waals surface area contributed by atoms with Gasteiger partial charge in [0.1, 0.15) is 0 Å². The molecule has 7 aromatic heterocycles. The molecule has 0 atom stereocenters. The first-order valence-corrected chi connectivity index (χ1v) is 37.6. The van der Waals surface area contributed by atoms with Crippen molar-refractivity contribution in [3.8, 4) is 79.4 Å². The lowest BCUT2D eigenvalue weighted by Crippen LogP contribution is -2.10. The molecule has 23 aromatic rings. The Morgan fingerprint density at radius 3 is 0.741 bits per heavy atom. The molecule has 0 aliphatic rings. The minimum atomic E-state index is -4.86. The highest BCUT2D eigenvalue weighted by Gasteiger charge is 2.36. The fraction of sp³-hybridized carbons (Fsp3) is 0.0100. The van der Waals surface area contributed by atoms with Crippen LogP contribution in [0.15, 0.2) is 364 Å². The lowest BCUT2D eigenvalue weighted by molar-refractivity contribution is -0.137. The molecule has 0 N–H and O–H groups in total. The number of aromatic nitrogens is 9. The Balaban J connectivity index is 0.811. The van der Waals surface area contributed by atoms with E-state index >= 15 is 13.2 Å². The number of hydrogen-bond donors (Lipinski definition) is 0. The third-order valence-corrected chi connectivity index (χ3v) is 22.9. The Hall–Kier alpha value is -14.9. The molecule has 0 unspecified atom stereocenters. The zero-order chi connectivity index (χ0) is 74.0. The van der Waals surface area contributed by atoms with Gasteiger partial charge in [0, 0.05) is 115 Å². The van der Waals surface area contributed by atoms with Crippen molar-refractivity contribution in [1.82, 2.24) is 42.4 Å². The number of benzene rings is 16. The molecule has 7 heterocycles. The Morgan fingerprint density at radius 2 is 0.438 bits per heavy atom. The van der Waals surface area contributed by atoms with Crippen LogP contribution < -0.4 is 0 Å². The molecule has 526 valence electrons. The summed E-state index contributed by atoms with van der Waals surface area (Å²) in [4.78, 5) is 15.5. The van der Waals surface area contributed by atoms with Gasteiger partial charge in [-0.3, -0.25) is 0 Å². The monoisotopic (exact) mass is 1440 g/mol. The van der Waals surface area contributed by atoms with Gasteiger partial charge in [0.2, 0.25) is 0 Å². The molecule has 112 heavy (non-hydrogen) atoms. The van der Waals surface area contributed by atoms with Crippen LogP contribution >= 0.6 is 0 Å². The minimum Gasteiger partial charge on any atom is -0.309 e. The predicted molar refractivity (Wildman–Crippen MR) is 453 cm³/mol. The van der Waals surface area contributed by atoms with E-state index in [4.69, 9.17) is 15.0 Å². The highest BCUT2D eigenvalue weighted by molar-refractivity contribution is 6.17. The van der Waals surface area contributed by atoms with Gasteiger partial charge in [0.15, 0.2) is 17.5 Å². The first-order chi connectivity index (χ1) is 55.2. The van der Waals surface area contributed by atoms with E-state index in [1.807, 2.05) is 78.9 Å². The highest BCUT2D eigenvalue weighted by Crippen LogP contribution is 2.48. The number of rotatable bonds is 10. The Bertz CT molecular complexity index is 7270. The average molecular weight is 1440 g/mol. The Morgan fingerprint density at radius 1 is 0.188 bits per heavy atom. The van der Waals surface area contributed by atoms with E-state index in [1.165, 1.54) is 6.07 Å².